The largest absolute Gasteiger partial charge is 0.481 e. The number of ether oxygens (including phenoxy) is 2. The number of carboxylic acids is 1. The molecule has 0 spiro atoms. The maximum atomic E-state index is 10.6. The van der Waals surface area contributed by atoms with Gasteiger partial charge in [0.15, 0.2) is 6.29 Å². The third-order valence-corrected chi connectivity index (χ3v) is 4.00. The summed E-state index contributed by atoms with van der Waals surface area (Å²) in [6.07, 6.45) is -5.82. The molecule has 0 aromatic rings. The molecule has 0 amide bonds. The molecule has 22 heavy (non-hydrogen) atoms. The van der Waals surface area contributed by atoms with Crippen molar-refractivity contribution in [2.45, 2.75) is 69.9 Å². The minimum absolute atomic E-state index is 0.00966. The van der Waals surface area contributed by atoms with Gasteiger partial charge in [0, 0.05) is 6.42 Å². The molecule has 7 unspecified atom stereocenters. The van der Waals surface area contributed by atoms with Gasteiger partial charge in [-0.3, -0.25) is 4.79 Å². The molecular formula is C14H26O8. The molecule has 0 radical (unpaired) electrons. The van der Waals surface area contributed by atoms with Gasteiger partial charge in [-0.1, -0.05) is 20.3 Å². The number of carbonyl (C=O) groups is 1. The SMILES string of the molecule is CCC(C)C(CC(O)CC(=O)O)OC1OC(CO)C(O)C1O. The highest BCUT2D eigenvalue weighted by atomic mass is 16.7. The van der Waals surface area contributed by atoms with Gasteiger partial charge >= 0.3 is 5.97 Å². The molecular weight excluding hydrogens is 296 g/mol. The number of hydrogen-bond acceptors (Lipinski definition) is 7. The Morgan fingerprint density at radius 2 is 1.95 bits per heavy atom. The van der Waals surface area contributed by atoms with Gasteiger partial charge in [-0.2, -0.15) is 0 Å². The quantitative estimate of drug-likeness (QED) is 0.368. The van der Waals surface area contributed by atoms with E-state index in [1.807, 2.05) is 13.8 Å². The zero-order chi connectivity index (χ0) is 16.9. The minimum Gasteiger partial charge on any atom is -0.481 e. The van der Waals surface area contributed by atoms with Crippen LogP contribution in [0.3, 0.4) is 0 Å². The van der Waals surface area contributed by atoms with Crippen LogP contribution in [0.2, 0.25) is 0 Å². The van der Waals surface area contributed by atoms with Crippen molar-refractivity contribution in [3.63, 3.8) is 0 Å². The lowest BCUT2D eigenvalue weighted by molar-refractivity contribution is -0.208. The normalized spacial score (nSPS) is 32.6. The fourth-order valence-corrected chi connectivity index (χ4v) is 2.39. The smallest absolute Gasteiger partial charge is 0.305 e. The topological polar surface area (TPSA) is 137 Å². The third-order valence-electron chi connectivity index (χ3n) is 4.00. The first-order valence-corrected chi connectivity index (χ1v) is 7.47. The molecule has 8 heteroatoms. The molecule has 1 saturated heterocycles. The van der Waals surface area contributed by atoms with Crippen LogP contribution in [-0.4, -0.2) is 74.9 Å². The van der Waals surface area contributed by atoms with Gasteiger partial charge in [-0.25, -0.2) is 0 Å². The van der Waals surface area contributed by atoms with Crippen molar-refractivity contribution in [1.29, 1.82) is 0 Å². The number of rotatable bonds is 9. The summed E-state index contributed by atoms with van der Waals surface area (Å²) in [5, 5.41) is 47.1. The average molecular weight is 322 g/mol. The zero-order valence-corrected chi connectivity index (χ0v) is 12.8. The summed E-state index contributed by atoms with van der Waals surface area (Å²) in [5.74, 6) is -1.12. The van der Waals surface area contributed by atoms with E-state index in [4.69, 9.17) is 19.7 Å². The molecule has 1 rings (SSSR count). The predicted molar refractivity (Wildman–Crippen MR) is 75.0 cm³/mol. The monoisotopic (exact) mass is 322 g/mol. The minimum atomic E-state index is -1.31. The maximum absolute atomic E-state index is 10.6. The first-order valence-electron chi connectivity index (χ1n) is 7.47. The van der Waals surface area contributed by atoms with E-state index in [1.165, 1.54) is 0 Å². The number of aliphatic hydroxyl groups excluding tert-OH is 4. The van der Waals surface area contributed by atoms with Crippen molar-refractivity contribution >= 4 is 5.97 Å². The second-order valence-electron chi connectivity index (χ2n) is 5.75. The Morgan fingerprint density at radius 1 is 1.32 bits per heavy atom. The van der Waals surface area contributed by atoms with Gasteiger partial charge in [0.2, 0.25) is 0 Å². The molecule has 0 aromatic carbocycles. The van der Waals surface area contributed by atoms with E-state index >= 15 is 0 Å². The van der Waals surface area contributed by atoms with E-state index < -0.39 is 55.8 Å². The lowest BCUT2D eigenvalue weighted by Crippen LogP contribution is -2.38. The molecule has 5 N–H and O–H groups in total. The summed E-state index contributed by atoms with van der Waals surface area (Å²) in [7, 11) is 0. The zero-order valence-electron chi connectivity index (χ0n) is 12.8. The van der Waals surface area contributed by atoms with Crippen molar-refractivity contribution in [1.82, 2.24) is 0 Å². The highest BCUT2D eigenvalue weighted by Gasteiger charge is 2.44. The Bertz CT molecular complexity index is 350. The molecule has 1 aliphatic heterocycles. The Kier molecular flexibility index (Phi) is 7.67. The third kappa shape index (κ3) is 5.15. The summed E-state index contributed by atoms with van der Waals surface area (Å²) < 4.78 is 10.9. The van der Waals surface area contributed by atoms with Gasteiger partial charge in [0.1, 0.15) is 18.3 Å². The van der Waals surface area contributed by atoms with E-state index in [1.54, 1.807) is 0 Å². The van der Waals surface area contributed by atoms with E-state index in [-0.39, 0.29) is 12.3 Å². The molecule has 0 saturated carbocycles. The summed E-state index contributed by atoms with van der Waals surface area (Å²) in [6.45, 7) is 3.34. The van der Waals surface area contributed by atoms with E-state index in [9.17, 15) is 20.1 Å². The van der Waals surface area contributed by atoms with Crippen LogP contribution in [0.25, 0.3) is 0 Å². The second kappa shape index (κ2) is 8.76. The molecule has 1 aliphatic rings. The van der Waals surface area contributed by atoms with Crippen LogP contribution >= 0.6 is 0 Å². The Balaban J connectivity index is 2.67. The lowest BCUT2D eigenvalue weighted by atomic mass is 9.95. The number of aliphatic hydroxyl groups is 4. The fraction of sp³-hybridized carbons (Fsp3) is 0.929. The van der Waals surface area contributed by atoms with E-state index in [0.29, 0.717) is 0 Å². The van der Waals surface area contributed by atoms with Crippen molar-refractivity contribution in [3.8, 4) is 0 Å². The molecule has 0 aromatic heterocycles. The van der Waals surface area contributed by atoms with Crippen LogP contribution in [0.15, 0.2) is 0 Å². The van der Waals surface area contributed by atoms with E-state index in [0.717, 1.165) is 6.42 Å². The standard InChI is InChI=1S/C14H26O8/c1-3-7(2)9(4-8(16)5-11(17)18)21-14-13(20)12(19)10(6-15)22-14/h7-10,12-16,19-20H,3-6H2,1-2H3,(H,17,18). The van der Waals surface area contributed by atoms with Crippen LogP contribution in [0.5, 0.6) is 0 Å². The Morgan fingerprint density at radius 3 is 2.41 bits per heavy atom. The van der Waals surface area contributed by atoms with Crippen LogP contribution in [0, 0.1) is 5.92 Å². The van der Waals surface area contributed by atoms with Gasteiger partial charge in [0.05, 0.1) is 25.2 Å². The average Bonchev–Trinajstić information content (AvgIpc) is 2.72. The molecule has 7 atom stereocenters. The maximum Gasteiger partial charge on any atom is 0.305 e. The number of aliphatic carboxylic acids is 1. The summed E-state index contributed by atoms with van der Waals surface area (Å²) in [6, 6.07) is 0. The molecule has 1 fully saturated rings. The van der Waals surface area contributed by atoms with Gasteiger partial charge < -0.3 is 35.0 Å². The molecule has 0 bridgehead atoms. The second-order valence-corrected chi connectivity index (χ2v) is 5.75. The van der Waals surface area contributed by atoms with Crippen molar-refractivity contribution < 1.29 is 39.8 Å². The molecule has 130 valence electrons. The highest BCUT2D eigenvalue weighted by Crippen LogP contribution is 2.27. The molecule has 1 heterocycles. The lowest BCUT2D eigenvalue weighted by Gasteiger charge is -2.29. The van der Waals surface area contributed by atoms with Gasteiger partial charge in [0.25, 0.3) is 0 Å². The van der Waals surface area contributed by atoms with Crippen LogP contribution < -0.4 is 0 Å². The summed E-state index contributed by atoms with van der Waals surface area (Å²) in [5.41, 5.74) is 0. The van der Waals surface area contributed by atoms with Crippen LogP contribution in [0.4, 0.5) is 0 Å². The first-order chi connectivity index (χ1) is 10.3. The number of carboxylic acid groups (broad SMARTS) is 1. The van der Waals surface area contributed by atoms with Crippen LogP contribution in [0.1, 0.15) is 33.1 Å². The Labute approximate surface area is 129 Å². The van der Waals surface area contributed by atoms with Crippen molar-refractivity contribution in [3.05, 3.63) is 0 Å². The molecule has 0 aliphatic carbocycles. The van der Waals surface area contributed by atoms with Gasteiger partial charge in [-0.05, 0) is 5.92 Å². The predicted octanol–water partition coefficient (Wildman–Crippen LogP) is -0.918. The molecule has 8 nitrogen and oxygen atoms in total. The number of hydrogen-bond donors (Lipinski definition) is 5. The Hall–Kier alpha value is -0.770. The first kappa shape index (κ1) is 19.3. The van der Waals surface area contributed by atoms with Crippen LogP contribution in [-0.2, 0) is 14.3 Å². The van der Waals surface area contributed by atoms with Gasteiger partial charge in [-0.15, -0.1) is 0 Å². The highest BCUT2D eigenvalue weighted by molar-refractivity contribution is 5.67. The fourth-order valence-electron chi connectivity index (χ4n) is 2.39. The van der Waals surface area contributed by atoms with Crippen molar-refractivity contribution in [2.75, 3.05) is 6.61 Å². The summed E-state index contributed by atoms with van der Waals surface area (Å²) in [4.78, 5) is 10.6. The summed E-state index contributed by atoms with van der Waals surface area (Å²) >= 11 is 0. The van der Waals surface area contributed by atoms with E-state index in [2.05, 4.69) is 0 Å². The van der Waals surface area contributed by atoms with Crippen molar-refractivity contribution in [2.24, 2.45) is 5.92 Å².